The van der Waals surface area contributed by atoms with Gasteiger partial charge in [-0.1, -0.05) is 6.07 Å². The van der Waals surface area contributed by atoms with Crippen LogP contribution in [0, 0.1) is 6.92 Å². The van der Waals surface area contributed by atoms with Crippen molar-refractivity contribution in [3.63, 3.8) is 0 Å². The zero-order valence-corrected chi connectivity index (χ0v) is 9.84. The van der Waals surface area contributed by atoms with Gasteiger partial charge in [0, 0.05) is 31.5 Å². The highest BCUT2D eigenvalue weighted by atomic mass is 16.1. The quantitative estimate of drug-likeness (QED) is 0.857. The van der Waals surface area contributed by atoms with Crippen LogP contribution >= 0.6 is 0 Å². The molecule has 0 unspecified atom stereocenters. The van der Waals surface area contributed by atoms with E-state index in [9.17, 15) is 4.79 Å². The fraction of sp³-hybridized carbons (Fsp3) is 0.250. The summed E-state index contributed by atoms with van der Waals surface area (Å²) in [7, 11) is 1.86. The van der Waals surface area contributed by atoms with Crippen LogP contribution in [0.3, 0.4) is 0 Å². The molecule has 0 saturated heterocycles. The molecule has 0 aliphatic heterocycles. The number of carbonyl (C=O) groups is 1. The monoisotopic (exact) mass is 230 g/mol. The van der Waals surface area contributed by atoms with E-state index in [1.54, 1.807) is 29.1 Å². The number of rotatable bonds is 3. The lowest BCUT2D eigenvalue weighted by Crippen LogP contribution is -2.23. The summed E-state index contributed by atoms with van der Waals surface area (Å²) in [6.45, 7) is 2.39. The number of hydrogen-bond donors (Lipinski definition) is 1. The van der Waals surface area contributed by atoms with Gasteiger partial charge in [-0.05, 0) is 19.1 Å². The van der Waals surface area contributed by atoms with Gasteiger partial charge in [-0.15, -0.1) is 0 Å². The van der Waals surface area contributed by atoms with Crippen molar-refractivity contribution < 1.29 is 4.79 Å². The molecule has 1 amide bonds. The molecule has 0 radical (unpaired) electrons. The van der Waals surface area contributed by atoms with Crippen LogP contribution in [0.5, 0.6) is 0 Å². The fourth-order valence-corrected chi connectivity index (χ4v) is 1.59. The molecular weight excluding hydrogens is 216 g/mol. The topological polar surface area (TPSA) is 59.8 Å². The van der Waals surface area contributed by atoms with Crippen LogP contribution in [0.1, 0.15) is 21.7 Å². The van der Waals surface area contributed by atoms with Crippen LogP contribution in [0.2, 0.25) is 0 Å². The molecule has 2 aromatic heterocycles. The zero-order chi connectivity index (χ0) is 12.3. The molecule has 0 spiro atoms. The van der Waals surface area contributed by atoms with Gasteiger partial charge in [0.25, 0.3) is 5.91 Å². The Morgan fingerprint density at radius 3 is 2.88 bits per heavy atom. The number of amides is 1. The Hall–Kier alpha value is -2.17. The Morgan fingerprint density at radius 1 is 1.47 bits per heavy atom. The molecule has 0 bridgehead atoms. The molecule has 0 fully saturated rings. The van der Waals surface area contributed by atoms with Crippen molar-refractivity contribution in [1.82, 2.24) is 20.1 Å². The average molecular weight is 230 g/mol. The summed E-state index contributed by atoms with van der Waals surface area (Å²) in [6.07, 6.45) is 3.50. The van der Waals surface area contributed by atoms with Gasteiger partial charge in [-0.25, -0.2) is 0 Å². The van der Waals surface area contributed by atoms with Gasteiger partial charge >= 0.3 is 0 Å². The summed E-state index contributed by atoms with van der Waals surface area (Å²) in [5.74, 6) is -0.172. The first-order valence-electron chi connectivity index (χ1n) is 5.35. The first-order chi connectivity index (χ1) is 8.16. The van der Waals surface area contributed by atoms with Gasteiger partial charge in [0.05, 0.1) is 5.69 Å². The van der Waals surface area contributed by atoms with Crippen LogP contribution in [-0.2, 0) is 13.6 Å². The maximum atomic E-state index is 11.7. The minimum Gasteiger partial charge on any atom is -0.346 e. The predicted octanol–water partition coefficient (Wildman–Crippen LogP) is 1.05. The molecular formula is C12H14N4O. The number of pyridine rings is 1. The molecule has 0 aromatic carbocycles. The molecule has 0 atom stereocenters. The number of nitrogens with one attached hydrogen (secondary N) is 1. The summed E-state index contributed by atoms with van der Waals surface area (Å²) in [5.41, 5.74) is 2.36. The minimum atomic E-state index is -0.172. The van der Waals surface area contributed by atoms with E-state index in [0.717, 1.165) is 11.3 Å². The number of aromatic nitrogens is 3. The summed E-state index contributed by atoms with van der Waals surface area (Å²) >= 11 is 0. The van der Waals surface area contributed by atoms with Crippen molar-refractivity contribution in [2.75, 3.05) is 0 Å². The first kappa shape index (κ1) is 11.3. The SMILES string of the molecule is Cc1nn(C)cc1CNC(=O)c1ccccn1. The van der Waals surface area contributed by atoms with Crippen LogP contribution in [0.15, 0.2) is 30.6 Å². The molecule has 5 nitrogen and oxygen atoms in total. The zero-order valence-electron chi connectivity index (χ0n) is 9.84. The van der Waals surface area contributed by atoms with Crippen LogP contribution < -0.4 is 5.32 Å². The summed E-state index contributed by atoms with van der Waals surface area (Å²) < 4.78 is 1.73. The third-order valence-electron chi connectivity index (χ3n) is 2.45. The Morgan fingerprint density at radius 2 is 2.29 bits per heavy atom. The van der Waals surface area contributed by atoms with E-state index < -0.39 is 0 Å². The van der Waals surface area contributed by atoms with Crippen molar-refractivity contribution in [2.45, 2.75) is 13.5 Å². The molecule has 2 aromatic rings. The lowest BCUT2D eigenvalue weighted by atomic mass is 10.2. The van der Waals surface area contributed by atoms with Gasteiger partial charge < -0.3 is 5.32 Å². The second kappa shape index (κ2) is 4.78. The molecule has 0 saturated carbocycles. The smallest absolute Gasteiger partial charge is 0.270 e. The van der Waals surface area contributed by atoms with Gasteiger partial charge in [-0.3, -0.25) is 14.5 Å². The Labute approximate surface area is 99.5 Å². The highest BCUT2D eigenvalue weighted by molar-refractivity contribution is 5.92. The van der Waals surface area contributed by atoms with Gasteiger partial charge in [0.1, 0.15) is 5.69 Å². The standard InChI is InChI=1S/C12H14N4O/c1-9-10(8-16(2)15-9)7-14-12(17)11-5-3-4-6-13-11/h3-6,8H,7H2,1-2H3,(H,14,17). The maximum Gasteiger partial charge on any atom is 0.270 e. The Kier molecular flexibility index (Phi) is 3.18. The maximum absolute atomic E-state index is 11.7. The van der Waals surface area contributed by atoms with Crippen LogP contribution in [0.25, 0.3) is 0 Å². The van der Waals surface area contributed by atoms with E-state index in [1.807, 2.05) is 20.2 Å². The largest absolute Gasteiger partial charge is 0.346 e. The third kappa shape index (κ3) is 2.69. The number of nitrogens with zero attached hydrogens (tertiary/aromatic N) is 3. The summed E-state index contributed by atoms with van der Waals surface area (Å²) in [4.78, 5) is 15.7. The minimum absolute atomic E-state index is 0.172. The molecule has 2 rings (SSSR count). The molecule has 2 heterocycles. The Bertz CT molecular complexity index is 519. The van der Waals surface area contributed by atoms with Crippen molar-refractivity contribution >= 4 is 5.91 Å². The average Bonchev–Trinajstić information content (AvgIpc) is 2.66. The van der Waals surface area contributed by atoms with E-state index in [0.29, 0.717) is 12.2 Å². The van der Waals surface area contributed by atoms with Gasteiger partial charge in [-0.2, -0.15) is 5.10 Å². The number of carbonyl (C=O) groups excluding carboxylic acids is 1. The lowest BCUT2D eigenvalue weighted by Gasteiger charge is -2.03. The van der Waals surface area contributed by atoms with E-state index in [2.05, 4.69) is 15.4 Å². The molecule has 5 heteroatoms. The van der Waals surface area contributed by atoms with Crippen molar-refractivity contribution in [1.29, 1.82) is 0 Å². The predicted molar refractivity (Wildman–Crippen MR) is 63.4 cm³/mol. The van der Waals surface area contributed by atoms with Crippen molar-refractivity contribution in [3.05, 3.63) is 47.5 Å². The summed E-state index contributed by atoms with van der Waals surface area (Å²) in [6, 6.07) is 5.25. The van der Waals surface area contributed by atoms with Crippen LogP contribution in [-0.4, -0.2) is 20.7 Å². The van der Waals surface area contributed by atoms with Gasteiger partial charge in [0.15, 0.2) is 0 Å². The first-order valence-corrected chi connectivity index (χ1v) is 5.35. The van der Waals surface area contributed by atoms with E-state index in [-0.39, 0.29) is 5.91 Å². The molecule has 1 N–H and O–H groups in total. The number of aryl methyl sites for hydroxylation is 2. The van der Waals surface area contributed by atoms with Crippen molar-refractivity contribution in [3.8, 4) is 0 Å². The van der Waals surface area contributed by atoms with Gasteiger partial charge in [0.2, 0.25) is 0 Å². The molecule has 17 heavy (non-hydrogen) atoms. The second-order valence-corrected chi connectivity index (χ2v) is 3.81. The second-order valence-electron chi connectivity index (χ2n) is 3.81. The highest BCUT2D eigenvalue weighted by Gasteiger charge is 2.08. The molecule has 88 valence electrons. The van der Waals surface area contributed by atoms with Crippen molar-refractivity contribution in [2.24, 2.45) is 7.05 Å². The van der Waals surface area contributed by atoms with E-state index in [1.165, 1.54) is 0 Å². The molecule has 0 aliphatic rings. The lowest BCUT2D eigenvalue weighted by molar-refractivity contribution is 0.0946. The summed E-state index contributed by atoms with van der Waals surface area (Å²) in [5, 5.41) is 7.03. The highest BCUT2D eigenvalue weighted by Crippen LogP contribution is 2.04. The van der Waals surface area contributed by atoms with E-state index in [4.69, 9.17) is 0 Å². The molecule has 0 aliphatic carbocycles. The Balaban J connectivity index is 1.99. The van der Waals surface area contributed by atoms with Crippen LogP contribution in [0.4, 0.5) is 0 Å². The third-order valence-corrected chi connectivity index (χ3v) is 2.45. The fourth-order valence-electron chi connectivity index (χ4n) is 1.59. The number of hydrogen-bond acceptors (Lipinski definition) is 3. The normalized spacial score (nSPS) is 10.2. The van der Waals surface area contributed by atoms with E-state index >= 15 is 0 Å².